The summed E-state index contributed by atoms with van der Waals surface area (Å²) in [6.07, 6.45) is 0. The van der Waals surface area contributed by atoms with Gasteiger partial charge in [-0.1, -0.05) is 10.8 Å². The monoisotopic (exact) mass is 189 g/mol. The maximum absolute atomic E-state index is 9.74. The summed E-state index contributed by atoms with van der Waals surface area (Å²) in [7, 11) is -1.36. The summed E-state index contributed by atoms with van der Waals surface area (Å²) in [5.41, 5.74) is 0. The van der Waals surface area contributed by atoms with Gasteiger partial charge in [-0.25, -0.2) is 0 Å². The molecule has 0 radical (unpaired) electrons. The van der Waals surface area contributed by atoms with Crippen molar-refractivity contribution >= 4 is 30.7 Å². The number of hydrogen-bond acceptors (Lipinski definition) is 5. The van der Waals surface area contributed by atoms with Gasteiger partial charge in [-0.05, 0) is 0 Å². The van der Waals surface area contributed by atoms with Crippen LogP contribution in [0.2, 0.25) is 0 Å². The van der Waals surface area contributed by atoms with E-state index in [0.717, 1.165) is 0 Å². The Bertz CT molecular complexity index is 88.6. The third-order valence-electron chi connectivity index (χ3n) is 0.374. The van der Waals surface area contributed by atoms with E-state index >= 15 is 0 Å². The molecular formula is C2H6O4PS2+. The van der Waals surface area contributed by atoms with E-state index in [1.165, 1.54) is 10.8 Å². The van der Waals surface area contributed by atoms with Gasteiger partial charge in [-0.15, -0.1) is 16.6 Å². The van der Waals surface area contributed by atoms with Crippen molar-refractivity contribution in [3.05, 3.63) is 0 Å². The predicted molar refractivity (Wildman–Crippen MR) is 38.3 cm³/mol. The van der Waals surface area contributed by atoms with Crippen molar-refractivity contribution in [2.75, 3.05) is 12.4 Å². The van der Waals surface area contributed by atoms with Crippen LogP contribution in [0.4, 0.5) is 0 Å². The number of rotatable bonds is 5. The Kier molecular flexibility index (Phi) is 7.31. The first kappa shape index (κ1) is 9.68. The first-order valence-electron chi connectivity index (χ1n) is 1.99. The third-order valence-corrected chi connectivity index (χ3v) is 1.50. The quantitative estimate of drug-likeness (QED) is 0.170. The van der Waals surface area contributed by atoms with Gasteiger partial charge >= 0.3 is 8.25 Å². The summed E-state index contributed by atoms with van der Waals surface area (Å²) in [4.78, 5) is 12.2. The lowest BCUT2D eigenvalue weighted by atomic mass is 10.9. The number of thiol groups is 1. The standard InChI is InChI=1S/C2H5O4PS2/c3-7(4)6-5-1-2-9-8/h1-2H2,(H-,3,4,8)/p+1. The van der Waals surface area contributed by atoms with E-state index in [1.807, 2.05) is 0 Å². The molecule has 9 heavy (non-hydrogen) atoms. The molecule has 0 heterocycles. The second-order valence-electron chi connectivity index (χ2n) is 0.968. The van der Waals surface area contributed by atoms with E-state index in [0.29, 0.717) is 5.75 Å². The van der Waals surface area contributed by atoms with Gasteiger partial charge in [-0.3, -0.25) is 0 Å². The van der Waals surface area contributed by atoms with Crippen LogP contribution in [0.1, 0.15) is 0 Å². The Balaban J connectivity index is 2.83. The first-order chi connectivity index (χ1) is 4.27. The van der Waals surface area contributed by atoms with E-state index in [1.54, 1.807) is 0 Å². The van der Waals surface area contributed by atoms with Crippen LogP contribution in [0.5, 0.6) is 0 Å². The van der Waals surface area contributed by atoms with Crippen LogP contribution in [0.15, 0.2) is 0 Å². The summed E-state index contributed by atoms with van der Waals surface area (Å²) >= 11 is 3.79. The minimum Gasteiger partial charge on any atom is -0.186 e. The third kappa shape index (κ3) is 8.68. The average Bonchev–Trinajstić information content (AvgIpc) is 1.80. The molecule has 0 rings (SSSR count). The van der Waals surface area contributed by atoms with E-state index in [2.05, 4.69) is 21.2 Å². The van der Waals surface area contributed by atoms with Crippen LogP contribution in [0, 0.1) is 0 Å². The largest absolute Gasteiger partial charge is 0.725 e. The maximum Gasteiger partial charge on any atom is 0.725 e. The lowest BCUT2D eigenvalue weighted by Crippen LogP contribution is -1.92. The van der Waals surface area contributed by atoms with Crippen molar-refractivity contribution in [2.24, 2.45) is 0 Å². The molecule has 0 aromatic heterocycles. The molecule has 0 aromatic rings. The minimum absolute atomic E-state index is 0.260. The SMILES string of the molecule is O=[P+](O)OOCCSS. The molecule has 54 valence electrons. The summed E-state index contributed by atoms with van der Waals surface area (Å²) in [6.45, 7) is 0.260. The maximum atomic E-state index is 9.74. The van der Waals surface area contributed by atoms with Crippen LogP contribution in [0.3, 0.4) is 0 Å². The van der Waals surface area contributed by atoms with Crippen LogP contribution in [-0.2, 0) is 14.1 Å². The molecule has 0 aromatic carbocycles. The summed E-state index contributed by atoms with van der Waals surface area (Å²) in [6, 6.07) is 0. The number of hydrogen-bond donors (Lipinski definition) is 2. The van der Waals surface area contributed by atoms with Crippen molar-refractivity contribution in [3.8, 4) is 0 Å². The Morgan fingerprint density at radius 2 is 2.44 bits per heavy atom. The predicted octanol–water partition coefficient (Wildman–Crippen LogP) is 1.16. The van der Waals surface area contributed by atoms with E-state index < -0.39 is 8.25 Å². The molecule has 1 atom stereocenters. The summed E-state index contributed by atoms with van der Waals surface area (Å²) < 4.78 is 13.6. The van der Waals surface area contributed by atoms with Crippen molar-refractivity contribution in [2.45, 2.75) is 0 Å². The van der Waals surface area contributed by atoms with Crippen molar-refractivity contribution in [3.63, 3.8) is 0 Å². The fourth-order valence-electron chi connectivity index (χ4n) is 0.154. The molecule has 7 heteroatoms. The molecule has 0 aliphatic heterocycles. The van der Waals surface area contributed by atoms with Crippen LogP contribution in [-0.4, -0.2) is 17.3 Å². The minimum atomic E-state index is -2.62. The Hall–Kier alpha value is 0.680. The zero-order valence-corrected chi connectivity index (χ0v) is 6.99. The smallest absolute Gasteiger partial charge is 0.186 e. The molecule has 0 saturated carbocycles. The van der Waals surface area contributed by atoms with Gasteiger partial charge in [0.2, 0.25) is 0 Å². The molecule has 0 bridgehead atoms. The molecule has 0 spiro atoms. The van der Waals surface area contributed by atoms with Crippen molar-refractivity contribution in [1.29, 1.82) is 0 Å². The van der Waals surface area contributed by atoms with Gasteiger partial charge in [0.05, 0.1) is 11.3 Å². The van der Waals surface area contributed by atoms with Gasteiger partial charge in [0.15, 0.2) is 0 Å². The Morgan fingerprint density at radius 1 is 1.78 bits per heavy atom. The summed E-state index contributed by atoms with van der Waals surface area (Å²) in [5.74, 6) is 0.617. The molecule has 0 aliphatic rings. The Labute approximate surface area is 62.6 Å². The van der Waals surface area contributed by atoms with Gasteiger partial charge in [0.1, 0.15) is 0 Å². The lowest BCUT2D eigenvalue weighted by molar-refractivity contribution is -0.201. The molecule has 1 N–H and O–H groups in total. The Morgan fingerprint density at radius 3 is 2.89 bits per heavy atom. The zero-order valence-electron chi connectivity index (χ0n) is 4.39. The van der Waals surface area contributed by atoms with Gasteiger partial charge in [0.25, 0.3) is 0 Å². The average molecular weight is 189 g/mol. The highest BCUT2D eigenvalue weighted by atomic mass is 33.1. The van der Waals surface area contributed by atoms with Gasteiger partial charge < -0.3 is 0 Å². The van der Waals surface area contributed by atoms with Crippen molar-refractivity contribution < 1.29 is 19.0 Å². The molecule has 1 unspecified atom stereocenters. The van der Waals surface area contributed by atoms with Crippen LogP contribution < -0.4 is 0 Å². The molecule has 0 aliphatic carbocycles. The highest BCUT2D eigenvalue weighted by Gasteiger charge is 2.12. The molecular weight excluding hydrogens is 183 g/mol. The summed E-state index contributed by atoms with van der Waals surface area (Å²) in [5, 5.41) is 0. The fourth-order valence-corrected chi connectivity index (χ4v) is 0.685. The van der Waals surface area contributed by atoms with Gasteiger partial charge in [-0.2, -0.15) is 4.89 Å². The van der Waals surface area contributed by atoms with E-state index in [9.17, 15) is 4.57 Å². The van der Waals surface area contributed by atoms with E-state index in [4.69, 9.17) is 4.89 Å². The fraction of sp³-hybridized carbons (Fsp3) is 1.00. The molecule has 0 saturated heterocycles. The highest BCUT2D eigenvalue weighted by molar-refractivity contribution is 8.68. The van der Waals surface area contributed by atoms with E-state index in [-0.39, 0.29) is 6.61 Å². The normalized spacial score (nSPS) is 11.6. The van der Waals surface area contributed by atoms with Crippen LogP contribution in [0.25, 0.3) is 0 Å². The van der Waals surface area contributed by atoms with Gasteiger partial charge in [0, 0.05) is 10.3 Å². The zero-order chi connectivity index (χ0) is 7.11. The highest BCUT2D eigenvalue weighted by Crippen LogP contribution is 2.14. The topological polar surface area (TPSA) is 55.8 Å². The van der Waals surface area contributed by atoms with Crippen LogP contribution >= 0.6 is 30.7 Å². The molecule has 4 nitrogen and oxygen atoms in total. The van der Waals surface area contributed by atoms with Crippen molar-refractivity contribution in [1.82, 2.24) is 0 Å². The lowest BCUT2D eigenvalue weighted by Gasteiger charge is -1.87. The second kappa shape index (κ2) is 6.80. The molecule has 0 amide bonds. The second-order valence-corrected chi connectivity index (χ2v) is 3.03. The first-order valence-corrected chi connectivity index (χ1v) is 5.16. The molecule has 0 fully saturated rings.